The predicted molar refractivity (Wildman–Crippen MR) is 69.1 cm³/mol. The van der Waals surface area contributed by atoms with Crippen molar-refractivity contribution in [1.82, 2.24) is 0 Å². The maximum Gasteiger partial charge on any atom is -0.0443 e. The third kappa shape index (κ3) is 8.96. The van der Waals surface area contributed by atoms with Gasteiger partial charge in [0.25, 0.3) is 0 Å². The van der Waals surface area contributed by atoms with Crippen LogP contribution in [0, 0.1) is 11.8 Å². The summed E-state index contributed by atoms with van der Waals surface area (Å²) in [5, 5.41) is 0. The molecule has 3 aliphatic rings. The van der Waals surface area contributed by atoms with Gasteiger partial charge in [0.15, 0.2) is 0 Å². The molecule has 0 N–H and O–H groups in total. The van der Waals surface area contributed by atoms with E-state index in [1.54, 1.807) is 0 Å². The van der Waals surface area contributed by atoms with Crippen LogP contribution in [0.4, 0.5) is 0 Å². The van der Waals surface area contributed by atoms with Crippen LogP contribution in [0.15, 0.2) is 0 Å². The first-order valence-corrected chi connectivity index (χ1v) is 7.29. The molecule has 3 aliphatic carbocycles. The lowest BCUT2D eigenvalue weighted by molar-refractivity contribution is 0.346. The first-order chi connectivity index (χ1) is 7.29. The van der Waals surface area contributed by atoms with Crippen molar-refractivity contribution in [2.24, 2.45) is 11.8 Å². The molecule has 0 aromatic heterocycles. The molecule has 0 spiro atoms. The summed E-state index contributed by atoms with van der Waals surface area (Å²) in [4.78, 5) is 0. The van der Waals surface area contributed by atoms with E-state index < -0.39 is 0 Å². The Kier molecular flexibility index (Phi) is 7.13. The molecule has 3 fully saturated rings. The number of hydrogen-bond donors (Lipinski definition) is 0. The molecule has 0 aromatic rings. The highest BCUT2D eigenvalue weighted by molar-refractivity contribution is 4.62. The highest BCUT2D eigenvalue weighted by Crippen LogP contribution is 2.24. The first-order valence-electron chi connectivity index (χ1n) is 7.29. The normalized spacial score (nSPS) is 25.2. The number of rotatable bonds is 0. The molecule has 0 aliphatic heterocycles. The van der Waals surface area contributed by atoms with Crippen LogP contribution in [0.25, 0.3) is 0 Å². The Hall–Kier alpha value is 0. The van der Waals surface area contributed by atoms with Crippen LogP contribution in [-0.4, -0.2) is 0 Å². The summed E-state index contributed by atoms with van der Waals surface area (Å²) in [6, 6.07) is 0. The van der Waals surface area contributed by atoms with Gasteiger partial charge >= 0.3 is 0 Å². The third-order valence-corrected chi connectivity index (χ3v) is 3.64. The zero-order valence-corrected chi connectivity index (χ0v) is 10.9. The summed E-state index contributed by atoms with van der Waals surface area (Å²) in [5.74, 6) is 2.10. The van der Waals surface area contributed by atoms with Crippen LogP contribution in [0.3, 0.4) is 0 Å². The maximum absolute atomic E-state index is 2.36. The fourth-order valence-electron chi connectivity index (χ4n) is 1.92. The smallest absolute Gasteiger partial charge is 0.0443 e. The highest BCUT2D eigenvalue weighted by atomic mass is 14.1. The lowest BCUT2D eigenvalue weighted by Gasteiger charge is -2.18. The van der Waals surface area contributed by atoms with Gasteiger partial charge in [-0.05, 0) is 11.8 Å². The molecule has 0 saturated heterocycles. The van der Waals surface area contributed by atoms with Crippen molar-refractivity contribution < 1.29 is 0 Å². The summed E-state index contributed by atoms with van der Waals surface area (Å²) in [5.41, 5.74) is 0. The Labute approximate surface area is 96.8 Å². The Bertz CT molecular complexity index is 124. The summed E-state index contributed by atoms with van der Waals surface area (Å²) in [6.07, 6.45) is 16.4. The SMILES string of the molecule is C1CC1.CC1CCC1.CC1CCCCC1. The standard InChI is InChI=1S/C7H14.C5H10.C3H6/c1-7-5-3-2-4-6-7;1-5-3-2-4-5;1-2-3-1/h7H,2-6H2,1H3;5H,2-4H2,1H3;1-3H2. The van der Waals surface area contributed by atoms with Gasteiger partial charge in [0, 0.05) is 0 Å². The highest BCUT2D eigenvalue weighted by Gasteiger charge is 2.09. The summed E-state index contributed by atoms with van der Waals surface area (Å²) >= 11 is 0. The quantitative estimate of drug-likeness (QED) is 0.491. The molecule has 0 heterocycles. The van der Waals surface area contributed by atoms with E-state index >= 15 is 0 Å². The van der Waals surface area contributed by atoms with Crippen molar-refractivity contribution >= 4 is 0 Å². The van der Waals surface area contributed by atoms with Crippen molar-refractivity contribution in [3.8, 4) is 0 Å². The molecular formula is C15H30. The number of hydrogen-bond acceptors (Lipinski definition) is 0. The average molecular weight is 210 g/mol. The molecule has 90 valence electrons. The molecule has 0 heteroatoms. The first kappa shape index (κ1) is 13.1. The van der Waals surface area contributed by atoms with Gasteiger partial charge < -0.3 is 0 Å². The second-order valence-electron chi connectivity index (χ2n) is 5.84. The minimum atomic E-state index is 1.04. The maximum atomic E-state index is 2.36. The van der Waals surface area contributed by atoms with E-state index in [2.05, 4.69) is 13.8 Å². The van der Waals surface area contributed by atoms with Crippen molar-refractivity contribution in [1.29, 1.82) is 0 Å². The van der Waals surface area contributed by atoms with Gasteiger partial charge in [-0.25, -0.2) is 0 Å². The molecule has 3 saturated carbocycles. The van der Waals surface area contributed by atoms with E-state index in [9.17, 15) is 0 Å². The molecule has 0 atom stereocenters. The molecule has 0 unspecified atom stereocenters. The molecule has 3 rings (SSSR count). The van der Waals surface area contributed by atoms with Crippen LogP contribution < -0.4 is 0 Å². The van der Waals surface area contributed by atoms with E-state index in [0.717, 1.165) is 11.8 Å². The van der Waals surface area contributed by atoms with Crippen molar-refractivity contribution in [2.45, 2.75) is 84.5 Å². The zero-order valence-electron chi connectivity index (χ0n) is 10.9. The Balaban J connectivity index is 0.000000122. The molecule has 0 amide bonds. The van der Waals surface area contributed by atoms with E-state index in [1.165, 1.54) is 70.6 Å². The fraction of sp³-hybridized carbons (Fsp3) is 1.00. The van der Waals surface area contributed by atoms with Crippen LogP contribution in [0.2, 0.25) is 0 Å². The Morgan fingerprint density at radius 1 is 0.467 bits per heavy atom. The molecule has 0 aromatic carbocycles. The van der Waals surface area contributed by atoms with Crippen molar-refractivity contribution in [3.63, 3.8) is 0 Å². The second-order valence-corrected chi connectivity index (χ2v) is 5.84. The lowest BCUT2D eigenvalue weighted by Crippen LogP contribution is -2.04. The predicted octanol–water partition coefficient (Wildman–Crippen LogP) is 5.56. The van der Waals surface area contributed by atoms with Gasteiger partial charge in [0.2, 0.25) is 0 Å². The van der Waals surface area contributed by atoms with Gasteiger partial charge in [-0.15, -0.1) is 0 Å². The lowest BCUT2D eigenvalue weighted by atomic mass is 9.88. The van der Waals surface area contributed by atoms with E-state index in [0.29, 0.717) is 0 Å². The average Bonchev–Trinajstić information content (AvgIpc) is 3.04. The van der Waals surface area contributed by atoms with Gasteiger partial charge in [-0.2, -0.15) is 0 Å². The van der Waals surface area contributed by atoms with Crippen LogP contribution in [0.5, 0.6) is 0 Å². The van der Waals surface area contributed by atoms with Gasteiger partial charge in [0.1, 0.15) is 0 Å². The van der Waals surface area contributed by atoms with Gasteiger partial charge in [0.05, 0.1) is 0 Å². The van der Waals surface area contributed by atoms with Crippen LogP contribution >= 0.6 is 0 Å². The van der Waals surface area contributed by atoms with E-state index in [-0.39, 0.29) is 0 Å². The van der Waals surface area contributed by atoms with Crippen LogP contribution in [-0.2, 0) is 0 Å². The summed E-state index contributed by atoms with van der Waals surface area (Å²) in [6.45, 7) is 4.67. The molecule has 15 heavy (non-hydrogen) atoms. The fourth-order valence-corrected chi connectivity index (χ4v) is 1.92. The molecule has 0 nitrogen and oxygen atoms in total. The summed E-state index contributed by atoms with van der Waals surface area (Å²) < 4.78 is 0. The Morgan fingerprint density at radius 2 is 0.800 bits per heavy atom. The largest absolute Gasteiger partial charge is 0.0625 e. The van der Waals surface area contributed by atoms with Gasteiger partial charge in [-0.1, -0.05) is 84.5 Å². The van der Waals surface area contributed by atoms with Gasteiger partial charge in [-0.3, -0.25) is 0 Å². The monoisotopic (exact) mass is 210 g/mol. The Morgan fingerprint density at radius 3 is 0.933 bits per heavy atom. The summed E-state index contributed by atoms with van der Waals surface area (Å²) in [7, 11) is 0. The van der Waals surface area contributed by atoms with E-state index in [4.69, 9.17) is 0 Å². The van der Waals surface area contributed by atoms with Crippen LogP contribution in [0.1, 0.15) is 84.5 Å². The van der Waals surface area contributed by atoms with Crippen molar-refractivity contribution in [2.75, 3.05) is 0 Å². The minimum absolute atomic E-state index is 1.04. The van der Waals surface area contributed by atoms with Crippen molar-refractivity contribution in [3.05, 3.63) is 0 Å². The minimum Gasteiger partial charge on any atom is -0.0625 e. The second kappa shape index (κ2) is 8.19. The third-order valence-electron chi connectivity index (χ3n) is 3.64. The van der Waals surface area contributed by atoms with E-state index in [1.807, 2.05) is 0 Å². The molecule has 0 radical (unpaired) electrons. The zero-order chi connectivity index (χ0) is 10.9. The molecule has 0 bridgehead atoms. The molecular weight excluding hydrogens is 180 g/mol. The topological polar surface area (TPSA) is 0 Å².